The number of pyridine rings is 1. The molecule has 0 amide bonds. The van der Waals surface area contributed by atoms with E-state index in [0.717, 1.165) is 5.46 Å². The summed E-state index contributed by atoms with van der Waals surface area (Å²) in [6.45, 7) is 8.43. The van der Waals surface area contributed by atoms with E-state index in [1.807, 2.05) is 0 Å². The minimum absolute atomic E-state index is 0.369. The molecule has 7 rings (SSSR count). The molecule has 3 nitrogen and oxygen atoms in total. The van der Waals surface area contributed by atoms with E-state index in [0.29, 0.717) is 0 Å². The predicted molar refractivity (Wildman–Crippen MR) is 134 cm³/mol. The number of aromatic nitrogens is 1. The summed E-state index contributed by atoms with van der Waals surface area (Å²) in [4.78, 5) is 0. The van der Waals surface area contributed by atoms with E-state index in [2.05, 4.69) is 105 Å². The lowest BCUT2D eigenvalue weighted by atomic mass is 9.77. The fourth-order valence-electron chi connectivity index (χ4n) is 5.43. The van der Waals surface area contributed by atoms with Crippen molar-refractivity contribution in [2.75, 3.05) is 0 Å². The number of rotatable bonds is 1. The second kappa shape index (κ2) is 5.83. The zero-order valence-corrected chi connectivity index (χ0v) is 18.8. The molecule has 1 fully saturated rings. The van der Waals surface area contributed by atoms with Crippen molar-refractivity contribution >= 4 is 61.4 Å². The fourth-order valence-corrected chi connectivity index (χ4v) is 5.43. The molecule has 4 aromatic carbocycles. The van der Waals surface area contributed by atoms with E-state index in [-0.39, 0.29) is 11.2 Å². The Bertz CT molecular complexity index is 1680. The molecule has 0 bridgehead atoms. The van der Waals surface area contributed by atoms with Crippen molar-refractivity contribution in [3.8, 4) is 0 Å². The number of hydrogen-bond acceptors (Lipinski definition) is 2. The van der Waals surface area contributed by atoms with Gasteiger partial charge in [0.15, 0.2) is 0 Å². The Morgan fingerprint density at radius 2 is 1.28 bits per heavy atom. The van der Waals surface area contributed by atoms with Gasteiger partial charge in [0.2, 0.25) is 0 Å². The molecule has 32 heavy (non-hydrogen) atoms. The second-order valence-corrected chi connectivity index (χ2v) is 10.1. The normalized spacial score (nSPS) is 18.2. The third-order valence-corrected chi connectivity index (χ3v) is 7.73. The molecule has 1 aliphatic rings. The van der Waals surface area contributed by atoms with Crippen LogP contribution in [0, 0.1) is 0 Å². The summed E-state index contributed by atoms with van der Waals surface area (Å²) in [6.07, 6.45) is 0. The van der Waals surface area contributed by atoms with Gasteiger partial charge in [-0.1, -0.05) is 60.7 Å². The number of benzene rings is 4. The van der Waals surface area contributed by atoms with Crippen molar-refractivity contribution in [1.82, 2.24) is 4.40 Å². The third-order valence-electron chi connectivity index (χ3n) is 7.73. The van der Waals surface area contributed by atoms with E-state index in [9.17, 15) is 0 Å². The Hall–Kier alpha value is -3.08. The van der Waals surface area contributed by atoms with Gasteiger partial charge < -0.3 is 13.7 Å². The molecule has 0 saturated carbocycles. The number of hydrogen-bond donors (Lipinski definition) is 0. The lowest BCUT2D eigenvalue weighted by Gasteiger charge is -2.32. The van der Waals surface area contributed by atoms with Gasteiger partial charge in [0.25, 0.3) is 0 Å². The molecule has 0 unspecified atom stereocenters. The molecule has 1 aliphatic heterocycles. The van der Waals surface area contributed by atoms with Gasteiger partial charge in [-0.3, -0.25) is 0 Å². The highest BCUT2D eigenvalue weighted by Crippen LogP contribution is 2.41. The van der Waals surface area contributed by atoms with Crippen LogP contribution < -0.4 is 5.46 Å². The van der Waals surface area contributed by atoms with Crippen molar-refractivity contribution in [1.29, 1.82) is 0 Å². The van der Waals surface area contributed by atoms with Crippen molar-refractivity contribution < 1.29 is 9.31 Å². The van der Waals surface area contributed by atoms with E-state index >= 15 is 0 Å². The first-order chi connectivity index (χ1) is 15.4. The van der Waals surface area contributed by atoms with Crippen LogP contribution >= 0.6 is 0 Å². The van der Waals surface area contributed by atoms with E-state index in [1.54, 1.807) is 0 Å². The van der Waals surface area contributed by atoms with Crippen LogP contribution in [0.3, 0.4) is 0 Å². The number of nitrogens with zero attached hydrogens (tertiary/aromatic N) is 1. The number of para-hydroxylation sites is 2. The average Bonchev–Trinajstić information content (AvgIpc) is 3.22. The molecule has 2 aromatic heterocycles. The summed E-state index contributed by atoms with van der Waals surface area (Å²) in [7, 11) is -0.390. The van der Waals surface area contributed by atoms with Gasteiger partial charge in [-0.05, 0) is 56.1 Å². The van der Waals surface area contributed by atoms with Crippen LogP contribution in [0.5, 0.6) is 0 Å². The fraction of sp³-hybridized carbons (Fsp3) is 0.214. The van der Waals surface area contributed by atoms with Crippen LogP contribution in [0.4, 0.5) is 0 Å². The molecule has 6 aromatic rings. The topological polar surface area (TPSA) is 22.9 Å². The zero-order valence-electron chi connectivity index (χ0n) is 18.8. The maximum Gasteiger partial charge on any atom is 0.494 e. The quantitative estimate of drug-likeness (QED) is 0.178. The molecular weight excluding hydrogens is 393 g/mol. The minimum atomic E-state index is -0.390. The van der Waals surface area contributed by atoms with Crippen molar-refractivity contribution in [2.24, 2.45) is 0 Å². The summed E-state index contributed by atoms with van der Waals surface area (Å²) in [5.74, 6) is 0. The Balaban J connectivity index is 1.66. The molecule has 0 radical (unpaired) electrons. The molecule has 0 atom stereocenters. The summed E-state index contributed by atoms with van der Waals surface area (Å²) in [6, 6.07) is 26.5. The van der Waals surface area contributed by atoms with Crippen LogP contribution in [-0.2, 0) is 9.31 Å². The van der Waals surface area contributed by atoms with E-state index in [1.165, 1.54) is 48.9 Å². The average molecular weight is 417 g/mol. The monoisotopic (exact) mass is 417 g/mol. The van der Waals surface area contributed by atoms with Gasteiger partial charge in [-0.15, -0.1) is 0 Å². The van der Waals surface area contributed by atoms with Gasteiger partial charge in [0.1, 0.15) is 0 Å². The van der Waals surface area contributed by atoms with Crippen LogP contribution in [0.25, 0.3) is 48.9 Å². The first-order valence-corrected chi connectivity index (χ1v) is 11.3. The summed E-state index contributed by atoms with van der Waals surface area (Å²) < 4.78 is 15.3. The van der Waals surface area contributed by atoms with Gasteiger partial charge in [0.05, 0.1) is 27.8 Å². The standard InChI is InChI=1S/C28H24BNO2/c1-27(2)28(3,4)32-29(31-27)18-15-17-9-7-11-20-22-13-8-12-21-19-10-5-6-14-23(19)30(26(21)22)24(16-18)25(17)20/h5-16H,1-4H3. The molecule has 4 heteroatoms. The van der Waals surface area contributed by atoms with Gasteiger partial charge in [0, 0.05) is 21.5 Å². The number of fused-ring (bicyclic) bond motifs is 5. The molecule has 3 heterocycles. The Kier molecular flexibility index (Phi) is 3.37. The van der Waals surface area contributed by atoms with Crippen molar-refractivity contribution in [2.45, 2.75) is 38.9 Å². The largest absolute Gasteiger partial charge is 0.494 e. The highest BCUT2D eigenvalue weighted by atomic mass is 16.7. The molecule has 0 aliphatic carbocycles. The SMILES string of the molecule is CC1(C)OB(c2cc3cccc4c5cccc6c7ccccc7n(c(c2)c34)c56)OC1(C)C. The van der Waals surface area contributed by atoms with Crippen molar-refractivity contribution in [3.63, 3.8) is 0 Å². The maximum atomic E-state index is 6.43. The first-order valence-electron chi connectivity index (χ1n) is 11.3. The van der Waals surface area contributed by atoms with Gasteiger partial charge in [-0.25, -0.2) is 0 Å². The molecule has 0 spiro atoms. The highest BCUT2D eigenvalue weighted by molar-refractivity contribution is 6.62. The van der Waals surface area contributed by atoms with Crippen LogP contribution in [-0.4, -0.2) is 22.7 Å². The van der Waals surface area contributed by atoms with Crippen molar-refractivity contribution in [3.05, 3.63) is 72.8 Å². The van der Waals surface area contributed by atoms with Crippen LogP contribution in [0.1, 0.15) is 27.7 Å². The van der Waals surface area contributed by atoms with Crippen LogP contribution in [0.2, 0.25) is 0 Å². The van der Waals surface area contributed by atoms with Crippen LogP contribution in [0.15, 0.2) is 72.8 Å². The third kappa shape index (κ3) is 2.19. The highest BCUT2D eigenvalue weighted by Gasteiger charge is 2.51. The second-order valence-electron chi connectivity index (χ2n) is 10.1. The Morgan fingerprint density at radius 3 is 2.06 bits per heavy atom. The summed E-state index contributed by atoms with van der Waals surface area (Å²) in [5.41, 5.74) is 4.04. The molecular formula is C28H24BNO2. The van der Waals surface area contributed by atoms with E-state index < -0.39 is 7.12 Å². The predicted octanol–water partition coefficient (Wildman–Crippen LogP) is 6.29. The molecule has 156 valence electrons. The van der Waals surface area contributed by atoms with Gasteiger partial charge >= 0.3 is 7.12 Å². The molecule has 0 N–H and O–H groups in total. The zero-order chi connectivity index (χ0) is 21.8. The summed E-state index contributed by atoms with van der Waals surface area (Å²) in [5, 5.41) is 7.66. The Morgan fingerprint density at radius 1 is 0.656 bits per heavy atom. The smallest absolute Gasteiger partial charge is 0.399 e. The lowest BCUT2D eigenvalue weighted by Crippen LogP contribution is -2.41. The maximum absolute atomic E-state index is 6.43. The van der Waals surface area contributed by atoms with E-state index in [4.69, 9.17) is 9.31 Å². The minimum Gasteiger partial charge on any atom is -0.399 e. The molecule has 1 saturated heterocycles. The lowest BCUT2D eigenvalue weighted by molar-refractivity contribution is 0.00578. The summed E-state index contributed by atoms with van der Waals surface area (Å²) >= 11 is 0. The first kappa shape index (κ1) is 18.5. The Labute approximate surface area is 187 Å². The van der Waals surface area contributed by atoms with Gasteiger partial charge in [-0.2, -0.15) is 0 Å².